The fourth-order valence-electron chi connectivity index (χ4n) is 3.77. The third-order valence-corrected chi connectivity index (χ3v) is 5.46. The molecule has 1 saturated heterocycles. The van der Waals surface area contributed by atoms with E-state index in [2.05, 4.69) is 43.9 Å². The second-order valence-electron chi connectivity index (χ2n) is 7.10. The highest BCUT2D eigenvalue weighted by atomic mass is 35.5. The Morgan fingerprint density at radius 1 is 1.15 bits per heavy atom. The zero-order valence-corrected chi connectivity index (χ0v) is 17.8. The maximum Gasteiger partial charge on any atom is 0.244 e. The molecule has 1 aliphatic heterocycles. The van der Waals surface area contributed by atoms with Crippen LogP contribution in [0.3, 0.4) is 0 Å². The highest BCUT2D eigenvalue weighted by Gasteiger charge is 2.28. The molecule has 1 fully saturated rings. The lowest BCUT2D eigenvalue weighted by atomic mass is 9.99. The summed E-state index contributed by atoms with van der Waals surface area (Å²) in [6.45, 7) is 8.58. The lowest BCUT2D eigenvalue weighted by molar-refractivity contribution is -0.128. The molecule has 1 aromatic carbocycles. The minimum atomic E-state index is -0.319. The third-order valence-electron chi connectivity index (χ3n) is 5.20. The van der Waals surface area contributed by atoms with Crippen molar-refractivity contribution in [2.24, 2.45) is 0 Å². The second-order valence-corrected chi connectivity index (χ2v) is 7.47. The maximum absolute atomic E-state index is 12.3. The van der Waals surface area contributed by atoms with Gasteiger partial charge < -0.3 is 14.4 Å². The molecule has 1 unspecified atom stereocenters. The number of para-hydroxylation sites is 1. The molecular formula is C22H34ClNO3. The summed E-state index contributed by atoms with van der Waals surface area (Å²) in [5.74, 6) is 0. The van der Waals surface area contributed by atoms with Gasteiger partial charge in [-0.2, -0.15) is 0 Å². The normalized spacial score (nSPS) is 16.7. The van der Waals surface area contributed by atoms with E-state index in [0.29, 0.717) is 6.54 Å². The van der Waals surface area contributed by atoms with Crippen LogP contribution in [-0.4, -0.2) is 37.3 Å². The van der Waals surface area contributed by atoms with Gasteiger partial charge in [-0.15, -0.1) is 0 Å². The molecule has 0 spiro atoms. The van der Waals surface area contributed by atoms with E-state index < -0.39 is 0 Å². The molecule has 0 saturated carbocycles. The molecule has 1 aliphatic rings. The topological polar surface area (TPSA) is 38.8 Å². The highest BCUT2D eigenvalue weighted by Crippen LogP contribution is 2.31. The molecule has 0 N–H and O–H groups in total. The smallest absolute Gasteiger partial charge is 0.244 e. The number of rotatable bonds is 10. The van der Waals surface area contributed by atoms with Gasteiger partial charge in [0.05, 0.1) is 0 Å². The Morgan fingerprint density at radius 2 is 1.74 bits per heavy atom. The van der Waals surface area contributed by atoms with Gasteiger partial charge in [-0.3, -0.25) is 4.79 Å². The molecule has 0 bridgehead atoms. The van der Waals surface area contributed by atoms with Crippen molar-refractivity contribution in [2.75, 3.05) is 24.7 Å². The third kappa shape index (κ3) is 6.20. The number of carbonyl (C=O) groups excluding carboxylic acids is 1. The van der Waals surface area contributed by atoms with Gasteiger partial charge >= 0.3 is 0 Å². The molecule has 1 aromatic rings. The standard InChI is InChI=1S/C22H34ClNO3/c1-4-10-19(22(23)25)24(14-13-20-26-15-7-8-16-27-20)21-17(5-2)11-9-12-18(21)6-3/h9,11-12,19-20H,4-8,10,13-16H2,1-3H3. The van der Waals surface area contributed by atoms with Gasteiger partial charge in [0.2, 0.25) is 5.24 Å². The summed E-state index contributed by atoms with van der Waals surface area (Å²) in [4.78, 5) is 14.5. The molecule has 0 amide bonds. The summed E-state index contributed by atoms with van der Waals surface area (Å²) in [5.41, 5.74) is 3.69. The first-order chi connectivity index (χ1) is 13.1. The summed E-state index contributed by atoms with van der Waals surface area (Å²) in [7, 11) is 0. The summed E-state index contributed by atoms with van der Waals surface area (Å²) < 4.78 is 11.7. The molecule has 2 rings (SSSR count). The molecule has 4 nitrogen and oxygen atoms in total. The van der Waals surface area contributed by atoms with Crippen molar-refractivity contribution in [3.05, 3.63) is 29.3 Å². The SMILES string of the molecule is CCCC(C(=O)Cl)N(CCC1OCCCCO1)c1c(CC)cccc1CC. The number of hydrogen-bond acceptors (Lipinski definition) is 4. The summed E-state index contributed by atoms with van der Waals surface area (Å²) in [6, 6.07) is 6.10. The molecule has 27 heavy (non-hydrogen) atoms. The molecule has 1 heterocycles. The average Bonchev–Trinajstić information content (AvgIpc) is 2.95. The van der Waals surface area contributed by atoms with Gasteiger partial charge in [0.1, 0.15) is 6.04 Å². The summed E-state index contributed by atoms with van der Waals surface area (Å²) in [5, 5.41) is -0.285. The van der Waals surface area contributed by atoms with E-state index in [1.807, 2.05) is 0 Å². The van der Waals surface area contributed by atoms with E-state index in [9.17, 15) is 4.79 Å². The van der Waals surface area contributed by atoms with Crippen LogP contribution in [-0.2, 0) is 27.1 Å². The van der Waals surface area contributed by atoms with E-state index in [-0.39, 0.29) is 17.6 Å². The van der Waals surface area contributed by atoms with Crippen molar-refractivity contribution in [1.29, 1.82) is 0 Å². The van der Waals surface area contributed by atoms with Gasteiger partial charge in [0.25, 0.3) is 0 Å². The van der Waals surface area contributed by atoms with Crippen LogP contribution >= 0.6 is 11.6 Å². The van der Waals surface area contributed by atoms with Crippen molar-refractivity contribution in [3.8, 4) is 0 Å². The fraction of sp³-hybridized carbons (Fsp3) is 0.682. The number of anilines is 1. The zero-order valence-electron chi connectivity index (χ0n) is 17.0. The van der Waals surface area contributed by atoms with Crippen LogP contribution in [0.1, 0.15) is 64.0 Å². The van der Waals surface area contributed by atoms with Crippen LogP contribution in [0.25, 0.3) is 0 Å². The van der Waals surface area contributed by atoms with E-state index >= 15 is 0 Å². The second kappa shape index (κ2) is 11.7. The van der Waals surface area contributed by atoms with E-state index in [1.54, 1.807) is 0 Å². The number of aryl methyl sites for hydroxylation is 2. The lowest BCUT2D eigenvalue weighted by Crippen LogP contribution is -2.42. The largest absolute Gasteiger partial charge is 0.360 e. The van der Waals surface area contributed by atoms with Gasteiger partial charge in [0.15, 0.2) is 6.29 Å². The van der Waals surface area contributed by atoms with Gasteiger partial charge in [0, 0.05) is 31.9 Å². The Hall–Kier alpha value is -1.10. The fourth-order valence-corrected chi connectivity index (χ4v) is 3.99. The summed E-state index contributed by atoms with van der Waals surface area (Å²) in [6.07, 6.45) is 6.10. The van der Waals surface area contributed by atoms with Crippen LogP contribution in [0.4, 0.5) is 5.69 Å². The van der Waals surface area contributed by atoms with Crippen LogP contribution < -0.4 is 4.90 Å². The number of benzene rings is 1. The van der Waals surface area contributed by atoms with E-state index in [0.717, 1.165) is 58.2 Å². The maximum atomic E-state index is 12.3. The van der Waals surface area contributed by atoms with Crippen molar-refractivity contribution < 1.29 is 14.3 Å². The quantitative estimate of drug-likeness (QED) is 0.517. The lowest BCUT2D eigenvalue weighted by Gasteiger charge is -2.35. The number of carbonyl (C=O) groups is 1. The van der Waals surface area contributed by atoms with Crippen molar-refractivity contribution in [3.63, 3.8) is 0 Å². The van der Waals surface area contributed by atoms with E-state index in [1.165, 1.54) is 16.8 Å². The van der Waals surface area contributed by atoms with Gasteiger partial charge in [-0.05, 0) is 54.8 Å². The average molecular weight is 396 g/mol. The first kappa shape index (κ1) is 22.2. The predicted octanol–water partition coefficient (Wildman–Crippen LogP) is 5.10. The van der Waals surface area contributed by atoms with Crippen molar-refractivity contribution in [1.82, 2.24) is 0 Å². The Morgan fingerprint density at radius 3 is 2.22 bits per heavy atom. The first-order valence-corrected chi connectivity index (χ1v) is 10.8. The Bertz CT molecular complexity index is 563. The molecular weight excluding hydrogens is 362 g/mol. The number of ether oxygens (including phenoxy) is 2. The molecule has 0 aromatic heterocycles. The highest BCUT2D eigenvalue weighted by molar-refractivity contribution is 6.65. The first-order valence-electron chi connectivity index (χ1n) is 10.4. The van der Waals surface area contributed by atoms with Crippen molar-refractivity contribution >= 4 is 22.5 Å². The van der Waals surface area contributed by atoms with Crippen LogP contribution in [0, 0.1) is 0 Å². The van der Waals surface area contributed by atoms with Crippen LogP contribution in [0.15, 0.2) is 18.2 Å². The Labute approximate surface area is 169 Å². The molecule has 0 aliphatic carbocycles. The summed E-state index contributed by atoms with van der Waals surface area (Å²) >= 11 is 6.06. The van der Waals surface area contributed by atoms with Crippen molar-refractivity contribution in [2.45, 2.75) is 78.0 Å². The zero-order chi connectivity index (χ0) is 19.6. The minimum Gasteiger partial charge on any atom is -0.360 e. The molecule has 152 valence electrons. The number of hydrogen-bond donors (Lipinski definition) is 0. The number of halogens is 1. The predicted molar refractivity (Wildman–Crippen MR) is 112 cm³/mol. The van der Waals surface area contributed by atoms with E-state index in [4.69, 9.17) is 21.1 Å². The van der Waals surface area contributed by atoms with Crippen LogP contribution in [0.2, 0.25) is 0 Å². The molecule has 5 heteroatoms. The minimum absolute atomic E-state index is 0.207. The Kier molecular flexibility index (Phi) is 9.60. The molecule has 0 radical (unpaired) electrons. The monoisotopic (exact) mass is 395 g/mol. The number of nitrogens with zero attached hydrogens (tertiary/aromatic N) is 1. The van der Waals surface area contributed by atoms with Crippen LogP contribution in [0.5, 0.6) is 0 Å². The molecule has 1 atom stereocenters. The van der Waals surface area contributed by atoms with Gasteiger partial charge in [-0.1, -0.05) is 45.4 Å². The van der Waals surface area contributed by atoms with Gasteiger partial charge in [-0.25, -0.2) is 0 Å². The Balaban J connectivity index is 2.33.